The van der Waals surface area contributed by atoms with E-state index >= 15 is 0 Å². The Hall–Kier alpha value is -1.22. The molecule has 1 atom stereocenters. The summed E-state index contributed by atoms with van der Waals surface area (Å²) in [5, 5.41) is 0. The quantitative estimate of drug-likeness (QED) is 0.730. The maximum Gasteiger partial charge on any atom is 0.159 e. The van der Waals surface area contributed by atoms with Crippen LogP contribution in [0.2, 0.25) is 0 Å². The van der Waals surface area contributed by atoms with Crippen molar-refractivity contribution in [2.75, 3.05) is 0 Å². The van der Waals surface area contributed by atoms with Crippen LogP contribution in [0.1, 0.15) is 18.1 Å². The zero-order valence-electron chi connectivity index (χ0n) is 7.85. The van der Waals surface area contributed by atoms with Gasteiger partial charge >= 0.3 is 0 Å². The van der Waals surface area contributed by atoms with E-state index in [0.29, 0.717) is 6.42 Å². The first-order valence-corrected chi connectivity index (χ1v) is 4.52. The zero-order chi connectivity index (χ0) is 10.3. The van der Waals surface area contributed by atoms with E-state index in [1.54, 1.807) is 0 Å². The fourth-order valence-electron chi connectivity index (χ4n) is 1.65. The number of fused-ring (bicyclic) bond motifs is 1. The second-order valence-corrected chi connectivity index (χ2v) is 3.65. The average Bonchev–Trinajstić information content (AvgIpc) is 2.48. The Labute approximate surface area is 81.2 Å². The Bertz CT molecular complexity index is 408. The molecule has 1 unspecified atom stereocenters. The number of hydrogen-bond acceptors (Lipinski definition) is 1. The van der Waals surface area contributed by atoms with Crippen molar-refractivity contribution in [2.45, 2.75) is 19.4 Å². The Morgan fingerprint density at radius 3 is 2.57 bits per heavy atom. The van der Waals surface area contributed by atoms with Gasteiger partial charge in [-0.3, -0.25) is 0 Å². The molecule has 0 aromatic heterocycles. The van der Waals surface area contributed by atoms with Crippen molar-refractivity contribution in [3.05, 3.63) is 40.5 Å². The van der Waals surface area contributed by atoms with Crippen LogP contribution in [0.5, 0.6) is 0 Å². The lowest BCUT2D eigenvalue weighted by molar-refractivity contribution is 0.507. The number of halogens is 2. The standard InChI is InChI=1S/C11H11F2N/c1-6(14)7-2-8-4-10(12)11(13)5-9(8)3-7/h2,4-6H,3,14H2,1H3. The maximum atomic E-state index is 12.9. The van der Waals surface area contributed by atoms with Gasteiger partial charge in [0.1, 0.15) is 0 Å². The van der Waals surface area contributed by atoms with Crippen LogP contribution in [0, 0.1) is 11.6 Å². The number of hydrogen-bond donors (Lipinski definition) is 1. The van der Waals surface area contributed by atoms with Gasteiger partial charge < -0.3 is 5.73 Å². The smallest absolute Gasteiger partial charge is 0.159 e. The summed E-state index contributed by atoms with van der Waals surface area (Å²) in [5.74, 6) is -1.59. The zero-order valence-corrected chi connectivity index (χ0v) is 7.85. The summed E-state index contributed by atoms with van der Waals surface area (Å²) in [6.45, 7) is 1.87. The van der Waals surface area contributed by atoms with Crippen molar-refractivity contribution < 1.29 is 8.78 Å². The van der Waals surface area contributed by atoms with Crippen molar-refractivity contribution >= 4 is 6.08 Å². The molecule has 0 saturated heterocycles. The van der Waals surface area contributed by atoms with Crippen LogP contribution in [0.4, 0.5) is 8.78 Å². The third-order valence-corrected chi connectivity index (χ3v) is 2.50. The minimum absolute atomic E-state index is 0.0616. The summed E-state index contributed by atoms with van der Waals surface area (Å²) in [6.07, 6.45) is 2.46. The summed E-state index contributed by atoms with van der Waals surface area (Å²) >= 11 is 0. The minimum Gasteiger partial charge on any atom is -0.324 e. The number of nitrogens with two attached hydrogens (primary N) is 1. The first-order valence-electron chi connectivity index (χ1n) is 4.52. The van der Waals surface area contributed by atoms with Crippen LogP contribution in [-0.4, -0.2) is 6.04 Å². The van der Waals surface area contributed by atoms with Gasteiger partial charge in [0.2, 0.25) is 0 Å². The fraction of sp³-hybridized carbons (Fsp3) is 0.273. The Morgan fingerprint density at radius 1 is 1.29 bits per heavy atom. The highest BCUT2D eigenvalue weighted by molar-refractivity contribution is 5.64. The molecule has 3 heteroatoms. The van der Waals surface area contributed by atoms with Gasteiger partial charge in [0.05, 0.1) is 0 Å². The van der Waals surface area contributed by atoms with Crippen LogP contribution < -0.4 is 5.73 Å². The molecule has 2 N–H and O–H groups in total. The highest BCUT2D eigenvalue weighted by Crippen LogP contribution is 2.28. The molecule has 1 aromatic rings. The van der Waals surface area contributed by atoms with Gasteiger partial charge in [0.25, 0.3) is 0 Å². The summed E-state index contributed by atoms with van der Waals surface area (Å²) in [6, 6.07) is 2.41. The van der Waals surface area contributed by atoms with Gasteiger partial charge in [0, 0.05) is 6.04 Å². The second-order valence-electron chi connectivity index (χ2n) is 3.65. The van der Waals surface area contributed by atoms with E-state index in [-0.39, 0.29) is 6.04 Å². The highest BCUT2D eigenvalue weighted by Gasteiger charge is 2.17. The lowest BCUT2D eigenvalue weighted by Crippen LogP contribution is -2.17. The molecule has 1 aliphatic rings. The van der Waals surface area contributed by atoms with Crippen molar-refractivity contribution in [3.63, 3.8) is 0 Å². The molecule has 0 fully saturated rings. The van der Waals surface area contributed by atoms with Gasteiger partial charge in [-0.25, -0.2) is 8.78 Å². The first-order chi connectivity index (χ1) is 6.58. The van der Waals surface area contributed by atoms with Crippen molar-refractivity contribution in [1.29, 1.82) is 0 Å². The van der Waals surface area contributed by atoms with Crippen LogP contribution >= 0.6 is 0 Å². The lowest BCUT2D eigenvalue weighted by Gasteiger charge is -2.04. The highest BCUT2D eigenvalue weighted by atomic mass is 19.2. The van der Waals surface area contributed by atoms with E-state index in [9.17, 15) is 8.78 Å². The van der Waals surface area contributed by atoms with E-state index < -0.39 is 11.6 Å². The predicted octanol–water partition coefficient (Wildman–Crippen LogP) is 2.25. The van der Waals surface area contributed by atoms with Crippen LogP contribution in [0.3, 0.4) is 0 Å². The molecule has 14 heavy (non-hydrogen) atoms. The predicted molar refractivity (Wildman–Crippen MR) is 51.7 cm³/mol. The Balaban J connectivity index is 2.42. The molecular weight excluding hydrogens is 184 g/mol. The third kappa shape index (κ3) is 1.44. The molecule has 2 rings (SSSR count). The average molecular weight is 195 g/mol. The second kappa shape index (κ2) is 3.17. The number of benzene rings is 1. The molecule has 74 valence electrons. The largest absolute Gasteiger partial charge is 0.324 e. The molecule has 1 aliphatic carbocycles. The SMILES string of the molecule is CC(N)C1=Cc2cc(F)c(F)cc2C1. The van der Waals surface area contributed by atoms with Gasteiger partial charge in [-0.1, -0.05) is 6.08 Å². The molecule has 0 spiro atoms. The van der Waals surface area contributed by atoms with Crippen molar-refractivity contribution in [1.82, 2.24) is 0 Å². The topological polar surface area (TPSA) is 26.0 Å². The molecule has 1 nitrogen and oxygen atoms in total. The normalized spacial score (nSPS) is 16.4. The Kier molecular flexibility index (Phi) is 2.11. The van der Waals surface area contributed by atoms with E-state index in [0.717, 1.165) is 16.7 Å². The van der Waals surface area contributed by atoms with E-state index in [4.69, 9.17) is 5.73 Å². The van der Waals surface area contributed by atoms with E-state index in [2.05, 4.69) is 0 Å². The molecule has 0 radical (unpaired) electrons. The van der Waals surface area contributed by atoms with E-state index in [1.807, 2.05) is 13.0 Å². The maximum absolute atomic E-state index is 12.9. The molecule has 0 aliphatic heterocycles. The minimum atomic E-state index is -0.800. The molecule has 0 saturated carbocycles. The summed E-state index contributed by atoms with van der Waals surface area (Å²) in [7, 11) is 0. The molecule has 1 aromatic carbocycles. The fourth-order valence-corrected chi connectivity index (χ4v) is 1.65. The summed E-state index contributed by atoms with van der Waals surface area (Å²) < 4.78 is 25.7. The van der Waals surface area contributed by atoms with Crippen LogP contribution in [-0.2, 0) is 6.42 Å². The summed E-state index contributed by atoms with van der Waals surface area (Å²) in [4.78, 5) is 0. The van der Waals surface area contributed by atoms with Gasteiger partial charge in [-0.15, -0.1) is 0 Å². The molecular formula is C11H11F2N. The lowest BCUT2D eigenvalue weighted by atomic mass is 10.1. The van der Waals surface area contributed by atoms with Crippen molar-refractivity contribution in [2.24, 2.45) is 5.73 Å². The molecule has 0 amide bonds. The first kappa shape index (κ1) is 9.34. The van der Waals surface area contributed by atoms with E-state index in [1.165, 1.54) is 12.1 Å². The van der Waals surface area contributed by atoms with Gasteiger partial charge in [-0.2, -0.15) is 0 Å². The third-order valence-electron chi connectivity index (χ3n) is 2.50. The van der Waals surface area contributed by atoms with Crippen molar-refractivity contribution in [3.8, 4) is 0 Å². The molecule has 0 heterocycles. The Morgan fingerprint density at radius 2 is 1.93 bits per heavy atom. The van der Waals surface area contributed by atoms with Gasteiger partial charge in [-0.05, 0) is 42.2 Å². The summed E-state index contributed by atoms with van der Waals surface area (Å²) in [5.41, 5.74) is 8.28. The van der Waals surface area contributed by atoms with Gasteiger partial charge in [0.15, 0.2) is 11.6 Å². The monoisotopic (exact) mass is 195 g/mol. The molecule has 0 bridgehead atoms. The van der Waals surface area contributed by atoms with Crippen LogP contribution in [0.25, 0.3) is 6.08 Å². The number of rotatable bonds is 1. The van der Waals surface area contributed by atoms with Crippen LogP contribution in [0.15, 0.2) is 17.7 Å².